The molecule has 0 amide bonds. The summed E-state index contributed by atoms with van der Waals surface area (Å²) in [5, 5.41) is 0.353. The average molecular weight is 231 g/mol. The lowest BCUT2D eigenvalue weighted by atomic mass is 10.2. The summed E-state index contributed by atoms with van der Waals surface area (Å²) in [4.78, 5) is 18.4. The van der Waals surface area contributed by atoms with E-state index >= 15 is 0 Å². The predicted molar refractivity (Wildman–Crippen MR) is 58.8 cm³/mol. The van der Waals surface area contributed by atoms with Crippen molar-refractivity contribution in [3.63, 3.8) is 0 Å². The number of thioether (sulfide) groups is 1. The molecule has 5 heteroatoms. The number of hydrogen-bond donors (Lipinski definition) is 1. The smallest absolute Gasteiger partial charge is 0.251 e. The molecular weight excluding hydrogens is 220 g/mol. The molecule has 0 aromatic carbocycles. The van der Waals surface area contributed by atoms with Gasteiger partial charge in [0, 0.05) is 6.07 Å². The summed E-state index contributed by atoms with van der Waals surface area (Å²) in [7, 11) is 0. The van der Waals surface area contributed by atoms with Crippen molar-refractivity contribution < 1.29 is 0 Å². The highest BCUT2D eigenvalue weighted by atomic mass is 35.5. The molecule has 1 unspecified atom stereocenters. The molecule has 1 N–H and O–H groups in total. The normalized spacial score (nSPS) is 21.4. The van der Waals surface area contributed by atoms with E-state index in [-0.39, 0.29) is 5.56 Å². The van der Waals surface area contributed by atoms with Crippen LogP contribution in [0.4, 0.5) is 0 Å². The van der Waals surface area contributed by atoms with E-state index in [9.17, 15) is 4.79 Å². The van der Waals surface area contributed by atoms with Crippen molar-refractivity contribution in [3.05, 3.63) is 27.9 Å². The molecule has 0 bridgehead atoms. The van der Waals surface area contributed by atoms with Crippen LogP contribution in [0, 0.1) is 0 Å². The van der Waals surface area contributed by atoms with Crippen molar-refractivity contribution in [2.24, 2.45) is 0 Å². The van der Waals surface area contributed by atoms with E-state index in [0.717, 1.165) is 18.0 Å². The summed E-state index contributed by atoms with van der Waals surface area (Å²) in [5.74, 6) is 2.24. The molecule has 0 radical (unpaired) electrons. The third kappa shape index (κ3) is 2.12. The zero-order valence-electron chi connectivity index (χ0n) is 7.62. The van der Waals surface area contributed by atoms with Gasteiger partial charge in [-0.3, -0.25) is 4.79 Å². The first-order chi connectivity index (χ1) is 6.79. The van der Waals surface area contributed by atoms with Crippen molar-refractivity contribution >= 4 is 23.4 Å². The van der Waals surface area contributed by atoms with E-state index in [1.165, 1.54) is 12.5 Å². The number of aromatic nitrogens is 2. The SMILES string of the molecule is O=c1cc(CCl)nc(C2CCCS2)[nH]1. The lowest BCUT2D eigenvalue weighted by Gasteiger charge is -2.07. The van der Waals surface area contributed by atoms with E-state index in [4.69, 9.17) is 11.6 Å². The van der Waals surface area contributed by atoms with Crippen molar-refractivity contribution in [2.75, 3.05) is 5.75 Å². The lowest BCUT2D eigenvalue weighted by molar-refractivity contribution is 0.764. The van der Waals surface area contributed by atoms with Crippen LogP contribution in [0.3, 0.4) is 0 Å². The molecule has 2 heterocycles. The van der Waals surface area contributed by atoms with Crippen LogP contribution in [0.25, 0.3) is 0 Å². The Morgan fingerprint density at radius 2 is 2.57 bits per heavy atom. The van der Waals surface area contributed by atoms with Gasteiger partial charge < -0.3 is 4.98 Å². The fourth-order valence-electron chi connectivity index (χ4n) is 1.54. The standard InChI is InChI=1S/C9H11ClN2OS/c10-5-6-4-8(13)12-9(11-6)7-2-1-3-14-7/h4,7H,1-3,5H2,(H,11,12,13). The number of aromatic amines is 1. The van der Waals surface area contributed by atoms with Gasteiger partial charge in [0.05, 0.1) is 16.8 Å². The fraction of sp³-hybridized carbons (Fsp3) is 0.556. The lowest BCUT2D eigenvalue weighted by Crippen LogP contribution is -2.13. The second-order valence-corrected chi connectivity index (χ2v) is 4.84. The Hall–Kier alpha value is -0.480. The van der Waals surface area contributed by atoms with Crippen LogP contribution in [0.5, 0.6) is 0 Å². The summed E-state index contributed by atoms with van der Waals surface area (Å²) in [6.45, 7) is 0. The first-order valence-corrected chi connectivity index (χ1v) is 6.15. The maximum atomic E-state index is 11.3. The second-order valence-electron chi connectivity index (χ2n) is 3.26. The summed E-state index contributed by atoms with van der Waals surface area (Å²) in [6, 6.07) is 1.45. The van der Waals surface area contributed by atoms with Gasteiger partial charge in [-0.05, 0) is 18.6 Å². The zero-order chi connectivity index (χ0) is 9.97. The van der Waals surface area contributed by atoms with E-state index < -0.39 is 0 Å². The Morgan fingerprint density at radius 1 is 1.71 bits per heavy atom. The van der Waals surface area contributed by atoms with Gasteiger partial charge in [0.15, 0.2) is 0 Å². The minimum absolute atomic E-state index is 0.0989. The van der Waals surface area contributed by atoms with Gasteiger partial charge in [-0.1, -0.05) is 0 Å². The average Bonchev–Trinajstić information content (AvgIpc) is 2.69. The van der Waals surface area contributed by atoms with Gasteiger partial charge in [-0.2, -0.15) is 11.8 Å². The molecular formula is C9H11ClN2OS. The molecule has 1 aromatic heterocycles. The number of H-pyrrole nitrogens is 1. The highest BCUT2D eigenvalue weighted by Crippen LogP contribution is 2.37. The minimum atomic E-state index is -0.0989. The Labute approximate surface area is 91.3 Å². The molecule has 3 nitrogen and oxygen atoms in total. The highest BCUT2D eigenvalue weighted by molar-refractivity contribution is 7.99. The molecule has 1 aromatic rings. The Bertz CT molecular complexity index is 373. The number of alkyl halides is 1. The summed E-state index contributed by atoms with van der Waals surface area (Å²) in [5.41, 5.74) is 0.566. The van der Waals surface area contributed by atoms with Gasteiger partial charge >= 0.3 is 0 Å². The first-order valence-electron chi connectivity index (χ1n) is 4.57. The predicted octanol–water partition coefficient (Wildman–Crippen LogP) is 2.08. The number of halogens is 1. The van der Waals surface area contributed by atoms with E-state index in [0.29, 0.717) is 16.8 Å². The molecule has 76 valence electrons. The fourth-order valence-corrected chi connectivity index (χ4v) is 2.90. The van der Waals surface area contributed by atoms with E-state index in [2.05, 4.69) is 9.97 Å². The Balaban J connectivity index is 2.32. The van der Waals surface area contributed by atoms with Gasteiger partial charge in [-0.15, -0.1) is 11.6 Å². The van der Waals surface area contributed by atoms with Crippen LogP contribution in [-0.4, -0.2) is 15.7 Å². The van der Waals surface area contributed by atoms with Gasteiger partial charge in [0.25, 0.3) is 5.56 Å². The number of nitrogens with one attached hydrogen (secondary N) is 1. The van der Waals surface area contributed by atoms with Gasteiger partial charge in [0.1, 0.15) is 5.82 Å². The summed E-state index contributed by atoms with van der Waals surface area (Å²) < 4.78 is 0. The van der Waals surface area contributed by atoms with Crippen molar-refractivity contribution in [1.82, 2.24) is 9.97 Å². The summed E-state index contributed by atoms with van der Waals surface area (Å²) >= 11 is 7.50. The second kappa shape index (κ2) is 4.36. The maximum Gasteiger partial charge on any atom is 0.251 e. The van der Waals surface area contributed by atoms with Crippen molar-refractivity contribution in [2.45, 2.75) is 24.0 Å². The Morgan fingerprint density at radius 3 is 3.21 bits per heavy atom. The van der Waals surface area contributed by atoms with Gasteiger partial charge in [-0.25, -0.2) is 4.98 Å². The number of nitrogens with zero attached hydrogens (tertiary/aromatic N) is 1. The van der Waals surface area contributed by atoms with Crippen LogP contribution in [0.2, 0.25) is 0 Å². The van der Waals surface area contributed by atoms with Crippen LogP contribution >= 0.6 is 23.4 Å². The zero-order valence-corrected chi connectivity index (χ0v) is 9.20. The molecule has 0 aliphatic carbocycles. The Kier molecular flexibility index (Phi) is 3.13. The minimum Gasteiger partial charge on any atom is -0.310 e. The van der Waals surface area contributed by atoms with Crippen LogP contribution in [0.15, 0.2) is 10.9 Å². The number of rotatable bonds is 2. The van der Waals surface area contributed by atoms with Crippen LogP contribution in [-0.2, 0) is 5.88 Å². The molecule has 2 rings (SSSR count). The molecule has 0 spiro atoms. The van der Waals surface area contributed by atoms with Crippen LogP contribution in [0.1, 0.15) is 29.6 Å². The van der Waals surface area contributed by atoms with Crippen molar-refractivity contribution in [3.8, 4) is 0 Å². The van der Waals surface area contributed by atoms with Gasteiger partial charge in [0.2, 0.25) is 0 Å². The molecule has 1 saturated heterocycles. The monoisotopic (exact) mass is 230 g/mol. The maximum absolute atomic E-state index is 11.3. The molecule has 14 heavy (non-hydrogen) atoms. The first kappa shape index (κ1) is 10.1. The van der Waals surface area contributed by atoms with E-state index in [1.54, 1.807) is 0 Å². The molecule has 0 saturated carbocycles. The quantitative estimate of drug-likeness (QED) is 0.792. The molecule has 1 aliphatic heterocycles. The topological polar surface area (TPSA) is 45.8 Å². The van der Waals surface area contributed by atoms with Crippen LogP contribution < -0.4 is 5.56 Å². The van der Waals surface area contributed by atoms with Crippen molar-refractivity contribution in [1.29, 1.82) is 0 Å². The molecule has 1 fully saturated rings. The molecule has 1 atom stereocenters. The summed E-state index contributed by atoms with van der Waals surface area (Å²) in [6.07, 6.45) is 2.30. The number of hydrogen-bond acceptors (Lipinski definition) is 3. The third-order valence-electron chi connectivity index (χ3n) is 2.18. The largest absolute Gasteiger partial charge is 0.310 e. The third-order valence-corrected chi connectivity index (χ3v) is 3.84. The molecule has 1 aliphatic rings. The highest BCUT2D eigenvalue weighted by Gasteiger charge is 2.20. The van der Waals surface area contributed by atoms with E-state index in [1.807, 2.05) is 11.8 Å².